The molecule has 0 amide bonds. The van der Waals surface area contributed by atoms with Crippen LogP contribution in [0, 0.1) is 0 Å². The second kappa shape index (κ2) is 4.72. The second-order valence-corrected chi connectivity index (χ2v) is 4.00. The highest BCUT2D eigenvalue weighted by Crippen LogP contribution is 2.44. The van der Waals surface area contributed by atoms with Gasteiger partial charge in [0.2, 0.25) is 0 Å². The van der Waals surface area contributed by atoms with Crippen LogP contribution in [0.5, 0.6) is 17.2 Å². The van der Waals surface area contributed by atoms with Crippen LogP contribution in [-0.2, 0) is 0 Å². The Morgan fingerprint density at radius 3 is 2.40 bits per heavy atom. The van der Waals surface area contributed by atoms with Crippen LogP contribution in [0.2, 0.25) is 0 Å². The summed E-state index contributed by atoms with van der Waals surface area (Å²) < 4.78 is 10.9. The van der Waals surface area contributed by atoms with E-state index < -0.39 is 0 Å². The van der Waals surface area contributed by atoms with Crippen LogP contribution in [0.25, 0.3) is 0 Å². The first-order chi connectivity index (χ1) is 7.02. The van der Waals surface area contributed by atoms with E-state index in [1.165, 1.54) is 14.2 Å². The third-order valence-corrected chi connectivity index (χ3v) is 2.69. The van der Waals surface area contributed by atoms with Gasteiger partial charge in [0.25, 0.3) is 0 Å². The van der Waals surface area contributed by atoms with Crippen molar-refractivity contribution in [2.75, 3.05) is 14.2 Å². The monoisotopic (exact) mass is 275 g/mol. The summed E-state index contributed by atoms with van der Waals surface area (Å²) in [7, 11) is 3.05. The number of phenolic OH excluding ortho intramolecular Hbond substituents is 1. The normalized spacial score (nSPS) is 12.3. The fourth-order valence-corrected chi connectivity index (χ4v) is 1.82. The Kier molecular flexibility index (Phi) is 3.82. The van der Waals surface area contributed by atoms with Gasteiger partial charge in [0, 0.05) is 12.1 Å². The summed E-state index contributed by atoms with van der Waals surface area (Å²) >= 11 is 3.23. The van der Waals surface area contributed by atoms with Crippen molar-refractivity contribution in [1.82, 2.24) is 0 Å². The first-order valence-corrected chi connectivity index (χ1v) is 5.21. The highest BCUT2D eigenvalue weighted by Gasteiger charge is 2.20. The number of rotatable bonds is 3. The van der Waals surface area contributed by atoms with Crippen molar-refractivity contribution in [2.45, 2.75) is 13.0 Å². The maximum Gasteiger partial charge on any atom is 0.169 e. The van der Waals surface area contributed by atoms with Gasteiger partial charge in [-0.1, -0.05) is 0 Å². The van der Waals surface area contributed by atoms with E-state index in [-0.39, 0.29) is 11.8 Å². The van der Waals surface area contributed by atoms with Crippen LogP contribution in [0.3, 0.4) is 0 Å². The number of aromatic hydroxyl groups is 1. The molecule has 0 aliphatic heterocycles. The molecule has 0 fully saturated rings. The summed E-state index contributed by atoms with van der Waals surface area (Å²) in [6.45, 7) is 1.77. The molecule has 0 aromatic heterocycles. The van der Waals surface area contributed by atoms with E-state index in [1.807, 2.05) is 0 Å². The van der Waals surface area contributed by atoms with Crippen molar-refractivity contribution < 1.29 is 14.6 Å². The lowest BCUT2D eigenvalue weighted by atomic mass is 10.1. The minimum absolute atomic E-state index is 0.0858. The van der Waals surface area contributed by atoms with Gasteiger partial charge in [-0.2, -0.15) is 0 Å². The van der Waals surface area contributed by atoms with Crippen LogP contribution in [0.1, 0.15) is 18.5 Å². The molecule has 1 atom stereocenters. The van der Waals surface area contributed by atoms with Crippen molar-refractivity contribution >= 4 is 15.9 Å². The van der Waals surface area contributed by atoms with E-state index in [9.17, 15) is 5.11 Å². The van der Waals surface area contributed by atoms with Crippen molar-refractivity contribution in [2.24, 2.45) is 5.73 Å². The quantitative estimate of drug-likeness (QED) is 0.888. The van der Waals surface area contributed by atoms with Crippen molar-refractivity contribution in [1.29, 1.82) is 0 Å². The van der Waals surface area contributed by atoms with E-state index in [2.05, 4.69) is 15.9 Å². The molecule has 0 heterocycles. The summed E-state index contributed by atoms with van der Waals surface area (Å²) in [5, 5.41) is 9.84. The summed E-state index contributed by atoms with van der Waals surface area (Å²) in [6.07, 6.45) is 0. The van der Waals surface area contributed by atoms with Gasteiger partial charge in [-0.05, 0) is 22.9 Å². The molecular formula is C10H14BrNO3. The third-order valence-electron chi connectivity index (χ3n) is 2.09. The first-order valence-electron chi connectivity index (χ1n) is 4.41. The molecule has 0 spiro atoms. The predicted molar refractivity (Wildman–Crippen MR) is 61.5 cm³/mol. The average molecular weight is 276 g/mol. The number of nitrogens with two attached hydrogens (primary N) is 1. The van der Waals surface area contributed by atoms with Gasteiger partial charge in [0.15, 0.2) is 11.5 Å². The lowest BCUT2D eigenvalue weighted by Crippen LogP contribution is -2.08. The molecule has 0 radical (unpaired) electrons. The van der Waals surface area contributed by atoms with Crippen LogP contribution in [0.4, 0.5) is 0 Å². The third kappa shape index (κ3) is 2.18. The van der Waals surface area contributed by atoms with Crippen molar-refractivity contribution in [3.05, 3.63) is 16.1 Å². The van der Waals surface area contributed by atoms with Crippen LogP contribution in [-0.4, -0.2) is 19.3 Å². The standard InChI is InChI=1S/C10H14BrNO3/c1-5(12)8-9(13)6(11)4-7(14-2)10(8)15-3/h4-5,13H,12H2,1-3H3. The molecule has 1 aromatic carbocycles. The lowest BCUT2D eigenvalue weighted by molar-refractivity contribution is 0.344. The van der Waals surface area contributed by atoms with Crippen LogP contribution < -0.4 is 15.2 Å². The van der Waals surface area contributed by atoms with E-state index in [1.54, 1.807) is 13.0 Å². The number of methoxy groups -OCH3 is 2. The molecule has 1 unspecified atom stereocenters. The maximum atomic E-state index is 9.84. The van der Waals surface area contributed by atoms with Gasteiger partial charge in [-0.25, -0.2) is 0 Å². The predicted octanol–water partition coefficient (Wildman–Crippen LogP) is 2.19. The smallest absolute Gasteiger partial charge is 0.169 e. The zero-order valence-electron chi connectivity index (χ0n) is 8.87. The number of phenols is 1. The molecular weight excluding hydrogens is 262 g/mol. The van der Waals surface area contributed by atoms with Gasteiger partial charge in [0.1, 0.15) is 5.75 Å². The van der Waals surface area contributed by atoms with Gasteiger partial charge >= 0.3 is 0 Å². The number of halogens is 1. The average Bonchev–Trinajstić information content (AvgIpc) is 2.20. The molecule has 3 N–H and O–H groups in total. The molecule has 1 rings (SSSR count). The van der Waals surface area contributed by atoms with E-state index >= 15 is 0 Å². The summed E-state index contributed by atoms with van der Waals surface area (Å²) in [6, 6.07) is 1.30. The fraction of sp³-hybridized carbons (Fsp3) is 0.400. The fourth-order valence-electron chi connectivity index (χ4n) is 1.40. The van der Waals surface area contributed by atoms with Gasteiger partial charge < -0.3 is 20.3 Å². The molecule has 0 saturated carbocycles. The molecule has 0 saturated heterocycles. The van der Waals surface area contributed by atoms with Gasteiger partial charge in [-0.3, -0.25) is 0 Å². The Balaban J connectivity index is 3.49. The van der Waals surface area contributed by atoms with E-state index in [4.69, 9.17) is 15.2 Å². The number of benzene rings is 1. The van der Waals surface area contributed by atoms with Crippen LogP contribution in [0.15, 0.2) is 10.5 Å². The van der Waals surface area contributed by atoms with Gasteiger partial charge in [0.05, 0.1) is 24.3 Å². The van der Waals surface area contributed by atoms with Crippen molar-refractivity contribution in [3.8, 4) is 17.2 Å². The molecule has 15 heavy (non-hydrogen) atoms. The molecule has 1 aromatic rings. The largest absolute Gasteiger partial charge is 0.506 e. The Hall–Kier alpha value is -0.940. The second-order valence-electron chi connectivity index (χ2n) is 3.14. The lowest BCUT2D eigenvalue weighted by Gasteiger charge is -2.17. The first kappa shape index (κ1) is 12.1. The van der Waals surface area contributed by atoms with E-state index in [0.717, 1.165) is 0 Å². The Morgan fingerprint density at radius 1 is 1.40 bits per heavy atom. The van der Waals surface area contributed by atoms with Crippen LogP contribution >= 0.6 is 15.9 Å². The molecule has 4 nitrogen and oxygen atoms in total. The van der Waals surface area contributed by atoms with E-state index in [0.29, 0.717) is 21.5 Å². The minimum Gasteiger partial charge on any atom is -0.506 e. The number of ether oxygens (including phenoxy) is 2. The topological polar surface area (TPSA) is 64.7 Å². The Morgan fingerprint density at radius 2 is 2.00 bits per heavy atom. The Labute approximate surface area is 97.1 Å². The summed E-state index contributed by atoms with van der Waals surface area (Å²) in [5.74, 6) is 1.09. The number of hydrogen-bond donors (Lipinski definition) is 2. The SMILES string of the molecule is COc1cc(Br)c(O)c(C(C)N)c1OC. The molecule has 0 aliphatic rings. The summed E-state index contributed by atoms with van der Waals surface area (Å²) in [4.78, 5) is 0. The maximum absolute atomic E-state index is 9.84. The molecule has 0 aliphatic carbocycles. The van der Waals surface area contributed by atoms with Gasteiger partial charge in [-0.15, -0.1) is 0 Å². The highest BCUT2D eigenvalue weighted by atomic mass is 79.9. The zero-order chi connectivity index (χ0) is 11.6. The van der Waals surface area contributed by atoms with Crippen molar-refractivity contribution in [3.63, 3.8) is 0 Å². The minimum atomic E-state index is -0.341. The Bertz CT molecular complexity index is 366. The highest BCUT2D eigenvalue weighted by molar-refractivity contribution is 9.10. The number of hydrogen-bond acceptors (Lipinski definition) is 4. The zero-order valence-corrected chi connectivity index (χ0v) is 10.5. The summed E-state index contributed by atoms with van der Waals surface area (Å²) in [5.41, 5.74) is 6.30. The molecule has 0 bridgehead atoms. The molecule has 5 heteroatoms. The molecule has 84 valence electrons.